The van der Waals surface area contributed by atoms with Gasteiger partial charge in [-0.2, -0.15) is 0 Å². The third-order valence-corrected chi connectivity index (χ3v) is 5.20. The monoisotopic (exact) mass is 398 g/mol. The first-order valence-electron chi connectivity index (χ1n) is 9.71. The maximum Gasteiger partial charge on any atom is 0.246 e. The Bertz CT molecular complexity index is 891. The second kappa shape index (κ2) is 9.45. The van der Waals surface area contributed by atoms with Crippen LogP contribution in [0, 0.1) is 17.6 Å². The van der Waals surface area contributed by atoms with Crippen molar-refractivity contribution < 1.29 is 18.4 Å². The molecule has 0 radical (unpaired) electrons. The molecule has 3 rings (SSSR count). The molecule has 2 amide bonds. The molecule has 0 aromatic heterocycles. The van der Waals surface area contributed by atoms with Crippen LogP contribution in [0.4, 0.5) is 8.78 Å². The Morgan fingerprint density at radius 3 is 2.41 bits per heavy atom. The van der Waals surface area contributed by atoms with Gasteiger partial charge in [0, 0.05) is 25.1 Å². The van der Waals surface area contributed by atoms with Gasteiger partial charge in [0.2, 0.25) is 11.8 Å². The lowest BCUT2D eigenvalue weighted by molar-refractivity contribution is -0.132. The van der Waals surface area contributed by atoms with Crippen molar-refractivity contribution in [1.29, 1.82) is 0 Å². The van der Waals surface area contributed by atoms with Crippen LogP contribution in [0.5, 0.6) is 0 Å². The predicted octanol–water partition coefficient (Wildman–Crippen LogP) is 4.09. The molecule has 1 saturated heterocycles. The van der Waals surface area contributed by atoms with E-state index in [1.165, 1.54) is 6.07 Å². The van der Waals surface area contributed by atoms with Crippen molar-refractivity contribution in [2.45, 2.75) is 25.8 Å². The van der Waals surface area contributed by atoms with Gasteiger partial charge in [-0.05, 0) is 49.1 Å². The standard InChI is InChI=1S/C23H24F2N2O2/c1-16(19-8-9-20(24)21(25)15-19)26-23(29)18-11-13-27(14-12-18)22(28)10-7-17-5-3-2-4-6-17/h2-10,15-16,18H,11-14H2,1H3,(H,26,29)/b10-7+. The molecule has 1 fully saturated rings. The predicted molar refractivity (Wildman–Crippen MR) is 108 cm³/mol. The highest BCUT2D eigenvalue weighted by Crippen LogP contribution is 2.21. The van der Waals surface area contributed by atoms with Crippen LogP contribution in [0.15, 0.2) is 54.6 Å². The Kier molecular flexibility index (Phi) is 6.75. The SMILES string of the molecule is CC(NC(=O)C1CCN(C(=O)/C=C/c2ccccc2)CC1)c1ccc(F)c(F)c1. The van der Waals surface area contributed by atoms with Gasteiger partial charge < -0.3 is 10.2 Å². The number of benzene rings is 2. The number of amides is 2. The lowest BCUT2D eigenvalue weighted by Crippen LogP contribution is -2.43. The van der Waals surface area contributed by atoms with Crippen LogP contribution >= 0.6 is 0 Å². The van der Waals surface area contributed by atoms with Gasteiger partial charge in [-0.3, -0.25) is 9.59 Å². The van der Waals surface area contributed by atoms with E-state index < -0.39 is 17.7 Å². The number of nitrogens with zero attached hydrogens (tertiary/aromatic N) is 1. The van der Waals surface area contributed by atoms with Gasteiger partial charge in [0.05, 0.1) is 6.04 Å². The molecule has 1 N–H and O–H groups in total. The second-order valence-corrected chi connectivity index (χ2v) is 7.25. The number of hydrogen-bond acceptors (Lipinski definition) is 2. The summed E-state index contributed by atoms with van der Waals surface area (Å²) in [5, 5.41) is 2.86. The summed E-state index contributed by atoms with van der Waals surface area (Å²) >= 11 is 0. The highest BCUT2D eigenvalue weighted by molar-refractivity contribution is 5.92. The molecule has 1 atom stereocenters. The zero-order chi connectivity index (χ0) is 20.8. The van der Waals surface area contributed by atoms with Gasteiger partial charge >= 0.3 is 0 Å². The van der Waals surface area contributed by atoms with E-state index in [2.05, 4.69) is 5.32 Å². The van der Waals surface area contributed by atoms with E-state index in [0.717, 1.165) is 17.7 Å². The van der Waals surface area contributed by atoms with Crippen molar-refractivity contribution in [3.8, 4) is 0 Å². The van der Waals surface area contributed by atoms with Crippen LogP contribution < -0.4 is 5.32 Å². The molecule has 6 heteroatoms. The van der Waals surface area contributed by atoms with Crippen molar-refractivity contribution in [2.24, 2.45) is 5.92 Å². The number of hydrogen-bond donors (Lipinski definition) is 1. The van der Waals surface area contributed by atoms with Crippen molar-refractivity contribution in [3.05, 3.63) is 77.4 Å². The van der Waals surface area contributed by atoms with E-state index >= 15 is 0 Å². The summed E-state index contributed by atoms with van der Waals surface area (Å²) in [6, 6.07) is 12.8. The summed E-state index contributed by atoms with van der Waals surface area (Å²) in [6.07, 6.45) is 4.48. The van der Waals surface area contributed by atoms with E-state index in [1.807, 2.05) is 30.3 Å². The summed E-state index contributed by atoms with van der Waals surface area (Å²) in [5.74, 6) is -2.24. The first kappa shape index (κ1) is 20.7. The number of nitrogens with one attached hydrogen (secondary N) is 1. The van der Waals surface area contributed by atoms with E-state index in [0.29, 0.717) is 31.5 Å². The van der Waals surface area contributed by atoms with Gasteiger partial charge in [0.15, 0.2) is 11.6 Å². The first-order chi connectivity index (χ1) is 13.9. The molecule has 152 valence electrons. The van der Waals surface area contributed by atoms with Crippen molar-refractivity contribution >= 4 is 17.9 Å². The number of halogens is 2. The first-order valence-corrected chi connectivity index (χ1v) is 9.71. The van der Waals surface area contributed by atoms with Gasteiger partial charge in [-0.15, -0.1) is 0 Å². The summed E-state index contributed by atoms with van der Waals surface area (Å²) in [5.41, 5.74) is 1.47. The van der Waals surface area contributed by atoms with Crippen molar-refractivity contribution in [2.75, 3.05) is 13.1 Å². The minimum atomic E-state index is -0.932. The van der Waals surface area contributed by atoms with Gasteiger partial charge in [-0.25, -0.2) is 8.78 Å². The molecule has 0 saturated carbocycles. The Morgan fingerprint density at radius 2 is 1.76 bits per heavy atom. The normalized spacial score (nSPS) is 16.0. The molecular weight excluding hydrogens is 374 g/mol. The Labute approximate surface area is 169 Å². The number of carbonyl (C=O) groups excluding carboxylic acids is 2. The average Bonchev–Trinajstić information content (AvgIpc) is 2.74. The lowest BCUT2D eigenvalue weighted by atomic mass is 9.95. The van der Waals surface area contributed by atoms with E-state index in [9.17, 15) is 18.4 Å². The molecule has 1 aliphatic rings. The Balaban J connectivity index is 1.49. The van der Waals surface area contributed by atoms with Crippen molar-refractivity contribution in [3.63, 3.8) is 0 Å². The topological polar surface area (TPSA) is 49.4 Å². The fourth-order valence-corrected chi connectivity index (χ4v) is 3.40. The highest BCUT2D eigenvalue weighted by Gasteiger charge is 2.27. The minimum absolute atomic E-state index is 0.0668. The fourth-order valence-electron chi connectivity index (χ4n) is 3.40. The molecular formula is C23H24F2N2O2. The fraction of sp³-hybridized carbons (Fsp3) is 0.304. The summed E-state index contributed by atoms with van der Waals surface area (Å²) in [4.78, 5) is 26.6. The van der Waals surface area contributed by atoms with Crippen LogP contribution in [0.2, 0.25) is 0 Å². The maximum absolute atomic E-state index is 13.4. The highest BCUT2D eigenvalue weighted by atomic mass is 19.2. The quantitative estimate of drug-likeness (QED) is 0.771. The summed E-state index contributed by atoms with van der Waals surface area (Å²) < 4.78 is 26.5. The zero-order valence-electron chi connectivity index (χ0n) is 16.3. The molecule has 4 nitrogen and oxygen atoms in total. The Morgan fingerprint density at radius 1 is 1.07 bits per heavy atom. The largest absolute Gasteiger partial charge is 0.349 e. The molecule has 0 aliphatic carbocycles. The van der Waals surface area contributed by atoms with Crippen LogP contribution in [0.1, 0.15) is 36.9 Å². The lowest BCUT2D eigenvalue weighted by Gasteiger charge is -2.31. The average molecular weight is 398 g/mol. The summed E-state index contributed by atoms with van der Waals surface area (Å²) in [7, 11) is 0. The van der Waals surface area contributed by atoms with Crippen LogP contribution in [-0.4, -0.2) is 29.8 Å². The second-order valence-electron chi connectivity index (χ2n) is 7.25. The van der Waals surface area contributed by atoms with Gasteiger partial charge in [0.1, 0.15) is 0 Å². The number of rotatable bonds is 5. The molecule has 1 aliphatic heterocycles. The molecule has 1 unspecified atom stereocenters. The van der Waals surface area contributed by atoms with E-state index in [1.54, 1.807) is 24.0 Å². The third kappa shape index (κ3) is 5.50. The molecule has 2 aromatic rings. The number of piperidine rings is 1. The summed E-state index contributed by atoms with van der Waals surface area (Å²) in [6.45, 7) is 2.75. The molecule has 0 spiro atoms. The molecule has 2 aromatic carbocycles. The maximum atomic E-state index is 13.4. The van der Waals surface area contributed by atoms with Gasteiger partial charge in [-0.1, -0.05) is 36.4 Å². The molecule has 1 heterocycles. The number of carbonyl (C=O) groups is 2. The zero-order valence-corrected chi connectivity index (χ0v) is 16.3. The Hall–Kier alpha value is -3.02. The minimum Gasteiger partial charge on any atom is -0.349 e. The van der Waals surface area contributed by atoms with E-state index in [4.69, 9.17) is 0 Å². The van der Waals surface area contributed by atoms with Crippen LogP contribution in [-0.2, 0) is 9.59 Å². The van der Waals surface area contributed by atoms with Crippen LogP contribution in [0.25, 0.3) is 6.08 Å². The van der Waals surface area contributed by atoms with Crippen molar-refractivity contribution in [1.82, 2.24) is 10.2 Å². The molecule has 0 bridgehead atoms. The van der Waals surface area contributed by atoms with E-state index in [-0.39, 0.29) is 17.7 Å². The molecule has 29 heavy (non-hydrogen) atoms. The third-order valence-electron chi connectivity index (χ3n) is 5.20. The van der Waals surface area contributed by atoms with Crippen LogP contribution in [0.3, 0.4) is 0 Å². The van der Waals surface area contributed by atoms with Gasteiger partial charge in [0.25, 0.3) is 0 Å². The number of likely N-dealkylation sites (tertiary alicyclic amines) is 1. The smallest absolute Gasteiger partial charge is 0.246 e.